The third kappa shape index (κ3) is 5.16. The van der Waals surface area contributed by atoms with Crippen molar-refractivity contribution in [1.29, 1.82) is 5.26 Å². The molecule has 0 aromatic heterocycles. The van der Waals surface area contributed by atoms with Gasteiger partial charge in [-0.25, -0.2) is 4.79 Å². The van der Waals surface area contributed by atoms with E-state index in [0.29, 0.717) is 11.3 Å². The Kier molecular flexibility index (Phi) is 6.23. The molecular formula is C18H25N5O2. The summed E-state index contributed by atoms with van der Waals surface area (Å²) in [5, 5.41) is 11.8. The van der Waals surface area contributed by atoms with Gasteiger partial charge in [0, 0.05) is 58.0 Å². The van der Waals surface area contributed by atoms with Crippen molar-refractivity contribution in [2.24, 2.45) is 0 Å². The van der Waals surface area contributed by atoms with Crippen LogP contribution in [0.1, 0.15) is 5.56 Å². The Hall–Kier alpha value is -2.14. The van der Waals surface area contributed by atoms with E-state index < -0.39 is 0 Å². The van der Waals surface area contributed by atoms with Crippen LogP contribution in [0.25, 0.3) is 0 Å². The summed E-state index contributed by atoms with van der Waals surface area (Å²) in [6, 6.07) is 8.98. The largest absolute Gasteiger partial charge is 0.379 e. The van der Waals surface area contributed by atoms with E-state index >= 15 is 0 Å². The van der Waals surface area contributed by atoms with Crippen molar-refractivity contribution < 1.29 is 9.53 Å². The highest BCUT2D eigenvalue weighted by Crippen LogP contribution is 2.12. The van der Waals surface area contributed by atoms with Gasteiger partial charge in [0.25, 0.3) is 0 Å². The highest BCUT2D eigenvalue weighted by atomic mass is 16.5. The third-order valence-corrected chi connectivity index (χ3v) is 4.74. The van der Waals surface area contributed by atoms with Gasteiger partial charge in [0.2, 0.25) is 0 Å². The minimum Gasteiger partial charge on any atom is -0.379 e. The summed E-state index contributed by atoms with van der Waals surface area (Å²) in [6.45, 7) is 9.07. The molecule has 2 amide bonds. The van der Waals surface area contributed by atoms with Crippen LogP contribution >= 0.6 is 0 Å². The zero-order valence-corrected chi connectivity index (χ0v) is 14.5. The first-order valence-electron chi connectivity index (χ1n) is 8.83. The molecule has 3 rings (SSSR count). The Labute approximate surface area is 148 Å². The number of ether oxygens (including phenoxy) is 1. The number of hydrogen-bond donors (Lipinski definition) is 1. The second-order valence-electron chi connectivity index (χ2n) is 6.41. The molecule has 2 aliphatic rings. The summed E-state index contributed by atoms with van der Waals surface area (Å²) in [5.41, 5.74) is 1.21. The van der Waals surface area contributed by atoms with Gasteiger partial charge in [0.1, 0.15) is 0 Å². The van der Waals surface area contributed by atoms with Crippen LogP contribution in [0.4, 0.5) is 10.5 Å². The maximum Gasteiger partial charge on any atom is 0.321 e. The van der Waals surface area contributed by atoms with E-state index in [4.69, 9.17) is 10.00 Å². The topological polar surface area (TPSA) is 71.8 Å². The van der Waals surface area contributed by atoms with E-state index in [1.165, 1.54) is 0 Å². The average Bonchev–Trinajstić information content (AvgIpc) is 2.67. The second-order valence-corrected chi connectivity index (χ2v) is 6.41. The standard InChI is InChI=1S/C18H25N5O2/c19-15-16-2-1-3-17(14-16)20-18(24)23-8-6-21(7-9-23)4-5-22-10-12-25-13-11-22/h1-3,14H,4-13H2,(H,20,24). The third-order valence-electron chi connectivity index (χ3n) is 4.74. The molecule has 0 bridgehead atoms. The minimum absolute atomic E-state index is 0.0945. The molecule has 2 heterocycles. The number of amides is 2. The Morgan fingerprint density at radius 3 is 2.44 bits per heavy atom. The highest BCUT2D eigenvalue weighted by molar-refractivity contribution is 5.89. The van der Waals surface area contributed by atoms with E-state index in [1.807, 2.05) is 4.90 Å². The first-order chi connectivity index (χ1) is 12.2. The number of nitrogens with one attached hydrogen (secondary N) is 1. The fraction of sp³-hybridized carbons (Fsp3) is 0.556. The summed E-state index contributed by atoms with van der Waals surface area (Å²) < 4.78 is 5.37. The number of carbonyl (C=O) groups excluding carboxylic acids is 1. The number of rotatable bonds is 4. The van der Waals surface area contributed by atoms with Crippen molar-refractivity contribution in [2.45, 2.75) is 0 Å². The number of nitriles is 1. The van der Waals surface area contributed by atoms with Gasteiger partial charge in [-0.15, -0.1) is 0 Å². The van der Waals surface area contributed by atoms with Crippen LogP contribution in [0.5, 0.6) is 0 Å². The number of benzene rings is 1. The Balaban J connectivity index is 1.40. The lowest BCUT2D eigenvalue weighted by Gasteiger charge is -2.36. The molecule has 0 aliphatic carbocycles. The van der Waals surface area contributed by atoms with Crippen molar-refractivity contribution in [3.05, 3.63) is 29.8 Å². The van der Waals surface area contributed by atoms with Crippen LogP contribution in [0.2, 0.25) is 0 Å². The van der Waals surface area contributed by atoms with Crippen LogP contribution in [-0.2, 0) is 4.74 Å². The number of piperazine rings is 1. The smallest absolute Gasteiger partial charge is 0.321 e. The predicted octanol–water partition coefficient (Wildman–Crippen LogP) is 1.04. The predicted molar refractivity (Wildman–Crippen MR) is 95.4 cm³/mol. The molecule has 0 saturated carbocycles. The van der Waals surface area contributed by atoms with Crippen LogP contribution in [0, 0.1) is 11.3 Å². The van der Waals surface area contributed by atoms with E-state index in [0.717, 1.165) is 65.6 Å². The quantitative estimate of drug-likeness (QED) is 0.884. The summed E-state index contributed by atoms with van der Waals surface area (Å²) in [4.78, 5) is 19.1. The lowest BCUT2D eigenvalue weighted by atomic mass is 10.2. The minimum atomic E-state index is -0.0945. The summed E-state index contributed by atoms with van der Waals surface area (Å²) in [6.07, 6.45) is 0. The van der Waals surface area contributed by atoms with Crippen molar-refractivity contribution in [3.63, 3.8) is 0 Å². The molecule has 2 fully saturated rings. The van der Waals surface area contributed by atoms with Gasteiger partial charge in [0.05, 0.1) is 24.8 Å². The van der Waals surface area contributed by atoms with Crippen LogP contribution in [0.15, 0.2) is 24.3 Å². The Morgan fingerprint density at radius 2 is 1.76 bits per heavy atom. The summed E-state index contributed by atoms with van der Waals surface area (Å²) in [5.74, 6) is 0. The maximum absolute atomic E-state index is 12.4. The molecule has 1 aromatic carbocycles. The number of morpholine rings is 1. The van der Waals surface area contributed by atoms with E-state index in [9.17, 15) is 4.79 Å². The number of urea groups is 1. The summed E-state index contributed by atoms with van der Waals surface area (Å²) >= 11 is 0. The van der Waals surface area contributed by atoms with Gasteiger partial charge in [0.15, 0.2) is 0 Å². The maximum atomic E-state index is 12.4. The molecule has 1 N–H and O–H groups in total. The van der Waals surface area contributed by atoms with Crippen LogP contribution < -0.4 is 5.32 Å². The lowest BCUT2D eigenvalue weighted by molar-refractivity contribution is 0.0311. The van der Waals surface area contributed by atoms with E-state index in [1.54, 1.807) is 24.3 Å². The zero-order chi connectivity index (χ0) is 17.5. The fourth-order valence-electron chi connectivity index (χ4n) is 3.15. The first kappa shape index (κ1) is 17.7. The number of hydrogen-bond acceptors (Lipinski definition) is 5. The SMILES string of the molecule is N#Cc1cccc(NC(=O)N2CCN(CCN3CCOCC3)CC2)c1. The lowest BCUT2D eigenvalue weighted by Crippen LogP contribution is -2.51. The van der Waals surface area contributed by atoms with Gasteiger partial charge in [-0.3, -0.25) is 9.80 Å². The van der Waals surface area contributed by atoms with Crippen molar-refractivity contribution in [1.82, 2.24) is 14.7 Å². The zero-order valence-electron chi connectivity index (χ0n) is 14.5. The van der Waals surface area contributed by atoms with Gasteiger partial charge in [-0.1, -0.05) is 6.07 Å². The molecule has 2 saturated heterocycles. The van der Waals surface area contributed by atoms with Crippen LogP contribution in [-0.4, -0.2) is 86.3 Å². The molecule has 7 heteroatoms. The number of carbonyl (C=O) groups is 1. The Morgan fingerprint density at radius 1 is 1.08 bits per heavy atom. The monoisotopic (exact) mass is 343 g/mol. The Bertz CT molecular complexity index is 616. The summed E-state index contributed by atoms with van der Waals surface area (Å²) in [7, 11) is 0. The number of nitrogens with zero attached hydrogens (tertiary/aromatic N) is 4. The number of anilines is 1. The molecule has 25 heavy (non-hydrogen) atoms. The highest BCUT2D eigenvalue weighted by Gasteiger charge is 2.21. The van der Waals surface area contributed by atoms with Crippen molar-refractivity contribution in [2.75, 3.05) is 70.9 Å². The first-order valence-corrected chi connectivity index (χ1v) is 8.83. The molecule has 0 spiro atoms. The molecular weight excluding hydrogens is 318 g/mol. The van der Waals surface area contributed by atoms with E-state index in [2.05, 4.69) is 21.2 Å². The normalized spacial score (nSPS) is 19.4. The van der Waals surface area contributed by atoms with Gasteiger partial charge >= 0.3 is 6.03 Å². The van der Waals surface area contributed by atoms with Gasteiger partial charge < -0.3 is 15.0 Å². The van der Waals surface area contributed by atoms with Gasteiger partial charge in [-0.05, 0) is 18.2 Å². The van der Waals surface area contributed by atoms with Crippen molar-refractivity contribution >= 4 is 11.7 Å². The molecule has 1 aromatic rings. The molecule has 0 atom stereocenters. The molecule has 2 aliphatic heterocycles. The van der Waals surface area contributed by atoms with E-state index in [-0.39, 0.29) is 6.03 Å². The molecule has 7 nitrogen and oxygen atoms in total. The van der Waals surface area contributed by atoms with Crippen LogP contribution in [0.3, 0.4) is 0 Å². The fourth-order valence-corrected chi connectivity index (χ4v) is 3.15. The molecule has 0 radical (unpaired) electrons. The molecule has 0 unspecified atom stereocenters. The molecule has 134 valence electrons. The second kappa shape index (κ2) is 8.81. The van der Waals surface area contributed by atoms with Crippen molar-refractivity contribution in [3.8, 4) is 6.07 Å². The average molecular weight is 343 g/mol. The van der Waals surface area contributed by atoms with Gasteiger partial charge in [-0.2, -0.15) is 5.26 Å².